The number of halogens is 1. The third kappa shape index (κ3) is 3.31. The van der Waals surface area contributed by atoms with E-state index in [0.717, 1.165) is 10.8 Å². The predicted octanol–water partition coefficient (Wildman–Crippen LogP) is 3.47. The van der Waals surface area contributed by atoms with Gasteiger partial charge in [-0.1, -0.05) is 22.5 Å². The molecule has 0 unspecified atom stereocenters. The Labute approximate surface area is 108 Å². The summed E-state index contributed by atoms with van der Waals surface area (Å²) in [6.07, 6.45) is 0. The van der Waals surface area contributed by atoms with Crippen molar-refractivity contribution >= 4 is 22.9 Å². The molecule has 0 aliphatic carbocycles. The number of aromatic nitrogens is 2. The van der Waals surface area contributed by atoms with E-state index in [1.807, 2.05) is 31.2 Å². The van der Waals surface area contributed by atoms with Gasteiger partial charge >= 0.3 is 0 Å². The lowest BCUT2D eigenvalue weighted by atomic mass is 10.3. The highest BCUT2D eigenvalue weighted by atomic mass is 35.5. The van der Waals surface area contributed by atoms with Gasteiger partial charge in [-0.2, -0.15) is 0 Å². The Balaban J connectivity index is 2.09. The fourth-order valence-corrected chi connectivity index (χ4v) is 2.00. The molecule has 17 heavy (non-hydrogen) atoms. The lowest BCUT2D eigenvalue weighted by Gasteiger charge is -2.05. The van der Waals surface area contributed by atoms with Crippen LogP contribution in [0.4, 0.5) is 0 Å². The van der Waals surface area contributed by atoms with Crippen LogP contribution in [0.25, 0.3) is 0 Å². The molecule has 4 nitrogen and oxygen atoms in total. The lowest BCUT2D eigenvalue weighted by molar-refractivity contribution is 0.338. The minimum atomic E-state index is 0.347. The minimum Gasteiger partial charge on any atom is -0.494 e. The largest absolute Gasteiger partial charge is 0.494 e. The standard InChI is InChI=1S/C11H11ClN2O2S/c1-2-15-8-4-3-5-9(6-8)16-11-14-13-10(7-12)17-11/h3-6H,2,7H2,1H3. The number of hydrogen-bond acceptors (Lipinski definition) is 5. The Morgan fingerprint density at radius 1 is 1.29 bits per heavy atom. The van der Waals surface area contributed by atoms with Gasteiger partial charge in [0.2, 0.25) is 0 Å². The second kappa shape index (κ2) is 5.84. The first-order valence-corrected chi connectivity index (χ1v) is 6.46. The highest BCUT2D eigenvalue weighted by Crippen LogP contribution is 2.27. The van der Waals surface area contributed by atoms with Gasteiger partial charge in [-0.3, -0.25) is 0 Å². The van der Waals surface area contributed by atoms with E-state index in [9.17, 15) is 0 Å². The van der Waals surface area contributed by atoms with Gasteiger partial charge < -0.3 is 9.47 Å². The molecule has 90 valence electrons. The van der Waals surface area contributed by atoms with Gasteiger partial charge in [-0.05, 0) is 19.1 Å². The average molecular weight is 271 g/mol. The Kier molecular flexibility index (Phi) is 4.17. The molecule has 1 aromatic heterocycles. The molecule has 0 aliphatic rings. The van der Waals surface area contributed by atoms with Crippen LogP contribution in [-0.2, 0) is 5.88 Å². The molecule has 0 spiro atoms. The summed E-state index contributed by atoms with van der Waals surface area (Å²) in [5.41, 5.74) is 0. The summed E-state index contributed by atoms with van der Waals surface area (Å²) in [7, 11) is 0. The Bertz CT molecular complexity index is 490. The van der Waals surface area contributed by atoms with Gasteiger partial charge in [-0.25, -0.2) is 0 Å². The van der Waals surface area contributed by atoms with Crippen LogP contribution >= 0.6 is 22.9 Å². The maximum Gasteiger partial charge on any atom is 0.299 e. The maximum absolute atomic E-state index is 5.64. The zero-order valence-electron chi connectivity index (χ0n) is 9.22. The third-order valence-electron chi connectivity index (χ3n) is 1.88. The number of hydrogen-bond donors (Lipinski definition) is 0. The fraction of sp³-hybridized carbons (Fsp3) is 0.273. The topological polar surface area (TPSA) is 44.2 Å². The van der Waals surface area contributed by atoms with Crippen molar-refractivity contribution < 1.29 is 9.47 Å². The Hall–Kier alpha value is -1.33. The van der Waals surface area contributed by atoms with Crippen LogP contribution in [0, 0.1) is 0 Å². The molecule has 0 aliphatic heterocycles. The molecule has 6 heteroatoms. The number of benzene rings is 1. The Morgan fingerprint density at radius 2 is 2.12 bits per heavy atom. The quantitative estimate of drug-likeness (QED) is 0.781. The van der Waals surface area contributed by atoms with Crippen molar-refractivity contribution in [3.05, 3.63) is 29.3 Å². The van der Waals surface area contributed by atoms with Crippen LogP contribution in [0.1, 0.15) is 11.9 Å². The normalized spacial score (nSPS) is 10.2. The molecule has 0 fully saturated rings. The number of nitrogens with zero attached hydrogens (tertiary/aromatic N) is 2. The van der Waals surface area contributed by atoms with E-state index < -0.39 is 0 Å². The van der Waals surface area contributed by atoms with Gasteiger partial charge in [-0.15, -0.1) is 16.7 Å². The van der Waals surface area contributed by atoms with Gasteiger partial charge in [0.15, 0.2) is 0 Å². The van der Waals surface area contributed by atoms with Crippen LogP contribution < -0.4 is 9.47 Å². The van der Waals surface area contributed by atoms with Crippen LogP contribution in [0.3, 0.4) is 0 Å². The van der Waals surface area contributed by atoms with Crippen molar-refractivity contribution in [1.82, 2.24) is 10.2 Å². The summed E-state index contributed by atoms with van der Waals surface area (Å²) in [6.45, 7) is 2.56. The van der Waals surface area contributed by atoms with Crippen molar-refractivity contribution in [3.8, 4) is 16.7 Å². The summed E-state index contributed by atoms with van der Waals surface area (Å²) >= 11 is 6.97. The first kappa shape index (κ1) is 12.1. The Morgan fingerprint density at radius 3 is 2.82 bits per heavy atom. The molecule has 0 bridgehead atoms. The lowest BCUT2D eigenvalue weighted by Crippen LogP contribution is -1.91. The summed E-state index contributed by atoms with van der Waals surface area (Å²) in [5.74, 6) is 1.79. The van der Waals surface area contributed by atoms with Crippen molar-refractivity contribution in [1.29, 1.82) is 0 Å². The van der Waals surface area contributed by atoms with Crippen molar-refractivity contribution in [2.24, 2.45) is 0 Å². The maximum atomic E-state index is 5.64. The molecule has 0 atom stereocenters. The molecule has 2 aromatic rings. The van der Waals surface area contributed by atoms with E-state index in [4.69, 9.17) is 21.1 Å². The SMILES string of the molecule is CCOc1cccc(Oc2nnc(CCl)s2)c1. The minimum absolute atomic E-state index is 0.347. The van der Waals surface area contributed by atoms with E-state index in [1.165, 1.54) is 11.3 Å². The van der Waals surface area contributed by atoms with Crippen molar-refractivity contribution in [2.45, 2.75) is 12.8 Å². The summed E-state index contributed by atoms with van der Waals surface area (Å²) in [6, 6.07) is 7.39. The summed E-state index contributed by atoms with van der Waals surface area (Å²) in [4.78, 5) is 0. The zero-order chi connectivity index (χ0) is 12.1. The van der Waals surface area contributed by atoms with E-state index in [1.54, 1.807) is 0 Å². The number of ether oxygens (including phenoxy) is 2. The zero-order valence-corrected chi connectivity index (χ0v) is 10.8. The molecule has 0 saturated heterocycles. The third-order valence-corrected chi connectivity index (χ3v) is 3.10. The molecule has 0 saturated carbocycles. The molecule has 0 radical (unpaired) electrons. The highest BCUT2D eigenvalue weighted by molar-refractivity contribution is 7.13. The molecular weight excluding hydrogens is 260 g/mol. The van der Waals surface area contributed by atoms with E-state index in [-0.39, 0.29) is 0 Å². The van der Waals surface area contributed by atoms with Crippen LogP contribution in [0.5, 0.6) is 16.7 Å². The molecule has 2 rings (SSSR count). The first-order chi connectivity index (χ1) is 8.31. The van der Waals surface area contributed by atoms with E-state index in [2.05, 4.69) is 10.2 Å². The fourth-order valence-electron chi connectivity index (χ4n) is 1.23. The van der Waals surface area contributed by atoms with Crippen molar-refractivity contribution in [3.63, 3.8) is 0 Å². The van der Waals surface area contributed by atoms with Crippen LogP contribution in [-0.4, -0.2) is 16.8 Å². The molecule has 1 heterocycles. The van der Waals surface area contributed by atoms with Crippen molar-refractivity contribution in [2.75, 3.05) is 6.61 Å². The summed E-state index contributed by atoms with van der Waals surface area (Å²) in [5, 5.41) is 8.97. The molecular formula is C11H11ClN2O2S. The van der Waals surface area contributed by atoms with Gasteiger partial charge in [0.25, 0.3) is 5.19 Å². The number of alkyl halides is 1. The van der Waals surface area contributed by atoms with Gasteiger partial charge in [0.1, 0.15) is 16.5 Å². The smallest absolute Gasteiger partial charge is 0.299 e. The molecule has 0 N–H and O–H groups in total. The highest BCUT2D eigenvalue weighted by Gasteiger charge is 2.05. The second-order valence-electron chi connectivity index (χ2n) is 3.11. The predicted molar refractivity (Wildman–Crippen MR) is 67.2 cm³/mol. The first-order valence-electron chi connectivity index (χ1n) is 5.11. The monoisotopic (exact) mass is 270 g/mol. The number of rotatable bonds is 5. The van der Waals surface area contributed by atoms with E-state index in [0.29, 0.717) is 23.4 Å². The second-order valence-corrected chi connectivity index (χ2v) is 4.40. The van der Waals surface area contributed by atoms with Gasteiger partial charge in [0.05, 0.1) is 12.5 Å². The van der Waals surface area contributed by atoms with Crippen LogP contribution in [0.15, 0.2) is 24.3 Å². The summed E-state index contributed by atoms with van der Waals surface area (Å²) < 4.78 is 10.9. The van der Waals surface area contributed by atoms with Crippen LogP contribution in [0.2, 0.25) is 0 Å². The molecule has 0 amide bonds. The van der Waals surface area contributed by atoms with E-state index >= 15 is 0 Å². The van der Waals surface area contributed by atoms with Gasteiger partial charge in [0, 0.05) is 6.07 Å². The average Bonchev–Trinajstić information content (AvgIpc) is 2.78. The molecule has 1 aromatic carbocycles.